The van der Waals surface area contributed by atoms with Crippen molar-refractivity contribution in [2.45, 2.75) is 61.5 Å². The number of aryl methyl sites for hydroxylation is 1. The summed E-state index contributed by atoms with van der Waals surface area (Å²) in [4.78, 5) is 5.78. The quantitative estimate of drug-likeness (QED) is 0.517. The predicted octanol–water partition coefficient (Wildman–Crippen LogP) is 5.71. The minimum Gasteiger partial charge on any atom is -0.328 e. The number of halogens is 3. The first-order chi connectivity index (χ1) is 14.0. The smallest absolute Gasteiger partial charge is 0.328 e. The van der Waals surface area contributed by atoms with Gasteiger partial charge in [0.05, 0.1) is 33.5 Å². The van der Waals surface area contributed by atoms with Crippen molar-refractivity contribution < 1.29 is 17.4 Å². The fraction of sp³-hybridized carbons (Fsp3) is 0.364. The summed E-state index contributed by atoms with van der Waals surface area (Å²) in [7, 11) is -1.46. The highest BCUT2D eigenvalue weighted by molar-refractivity contribution is 7.85. The van der Waals surface area contributed by atoms with Crippen LogP contribution in [0.15, 0.2) is 52.3 Å². The van der Waals surface area contributed by atoms with Crippen molar-refractivity contribution in [1.29, 1.82) is 5.26 Å². The summed E-state index contributed by atoms with van der Waals surface area (Å²) in [5.74, 6) is 0.695. The standard InChI is InChI=1S/C22H22F3N3OS/c1-21(2,3)20-27-18-13-17(30(29)16-7-5-15(14-26)6-8-16)9-10-19(18)28(20)12-4-11-22(23,24)25/h5-10,13H,4,11-12H2,1-3H3. The fourth-order valence-corrected chi connectivity index (χ4v) is 4.32. The number of rotatable bonds is 5. The Morgan fingerprint density at radius 1 is 1.07 bits per heavy atom. The Labute approximate surface area is 175 Å². The van der Waals surface area contributed by atoms with Gasteiger partial charge in [0.15, 0.2) is 0 Å². The van der Waals surface area contributed by atoms with Crippen LogP contribution in [0.2, 0.25) is 0 Å². The van der Waals surface area contributed by atoms with E-state index >= 15 is 0 Å². The lowest BCUT2D eigenvalue weighted by Crippen LogP contribution is -2.20. The molecule has 0 radical (unpaired) electrons. The van der Waals surface area contributed by atoms with Crippen LogP contribution in [0.1, 0.15) is 45.0 Å². The first kappa shape index (κ1) is 22.0. The van der Waals surface area contributed by atoms with Crippen molar-refractivity contribution in [2.75, 3.05) is 0 Å². The van der Waals surface area contributed by atoms with Crippen LogP contribution < -0.4 is 0 Å². The topological polar surface area (TPSA) is 58.7 Å². The van der Waals surface area contributed by atoms with Gasteiger partial charge in [0.25, 0.3) is 0 Å². The second-order valence-corrected chi connectivity index (χ2v) is 9.59. The number of alkyl halides is 3. The molecule has 1 aromatic heterocycles. The third-order valence-electron chi connectivity index (χ3n) is 4.64. The van der Waals surface area contributed by atoms with E-state index < -0.39 is 23.4 Å². The Kier molecular flexibility index (Phi) is 6.04. The van der Waals surface area contributed by atoms with Gasteiger partial charge in [-0.2, -0.15) is 18.4 Å². The number of hydrogen-bond donors (Lipinski definition) is 0. The molecule has 0 spiro atoms. The van der Waals surface area contributed by atoms with E-state index in [0.29, 0.717) is 26.7 Å². The Hall–Kier alpha value is -2.66. The third-order valence-corrected chi connectivity index (χ3v) is 6.03. The molecule has 8 heteroatoms. The zero-order valence-corrected chi connectivity index (χ0v) is 17.8. The Morgan fingerprint density at radius 2 is 1.70 bits per heavy atom. The van der Waals surface area contributed by atoms with E-state index in [4.69, 9.17) is 5.26 Å². The largest absolute Gasteiger partial charge is 0.389 e. The Bertz CT molecular complexity index is 1120. The molecule has 0 saturated heterocycles. The molecule has 30 heavy (non-hydrogen) atoms. The summed E-state index contributed by atoms with van der Waals surface area (Å²) < 4.78 is 52.6. The van der Waals surface area contributed by atoms with E-state index in [-0.39, 0.29) is 18.4 Å². The first-order valence-corrected chi connectivity index (χ1v) is 10.6. The van der Waals surface area contributed by atoms with Gasteiger partial charge in [-0.25, -0.2) is 9.19 Å². The van der Waals surface area contributed by atoms with Gasteiger partial charge in [0, 0.05) is 28.2 Å². The number of imidazole rings is 1. The van der Waals surface area contributed by atoms with Crippen LogP contribution in [0.25, 0.3) is 11.0 Å². The maximum atomic E-state index is 12.9. The Balaban J connectivity index is 1.97. The molecular formula is C22H22F3N3OS. The van der Waals surface area contributed by atoms with Crippen LogP contribution in [-0.2, 0) is 22.8 Å². The Morgan fingerprint density at radius 3 is 2.27 bits per heavy atom. The number of hydrogen-bond acceptors (Lipinski definition) is 3. The number of aromatic nitrogens is 2. The van der Waals surface area contributed by atoms with E-state index in [1.807, 2.05) is 31.4 Å². The zero-order valence-electron chi connectivity index (χ0n) is 17.0. The molecule has 0 saturated carbocycles. The summed E-state index contributed by atoms with van der Waals surface area (Å²) in [6, 6.07) is 13.7. The van der Waals surface area contributed by atoms with Crippen LogP contribution >= 0.6 is 0 Å². The molecule has 3 rings (SSSR count). The van der Waals surface area contributed by atoms with Crippen LogP contribution in [-0.4, -0.2) is 19.9 Å². The van der Waals surface area contributed by atoms with E-state index in [2.05, 4.69) is 4.98 Å². The summed E-state index contributed by atoms with van der Waals surface area (Å²) in [6.07, 6.45) is -5.07. The zero-order chi connectivity index (χ0) is 22.1. The molecule has 0 fully saturated rings. The van der Waals surface area contributed by atoms with Crippen molar-refractivity contribution in [3.8, 4) is 6.07 Å². The molecule has 2 aromatic carbocycles. The summed E-state index contributed by atoms with van der Waals surface area (Å²) in [6.45, 7) is 6.10. The minimum absolute atomic E-state index is 0.0308. The molecule has 1 atom stereocenters. The molecule has 1 heterocycles. The van der Waals surface area contributed by atoms with Gasteiger partial charge in [-0.05, 0) is 48.9 Å². The van der Waals surface area contributed by atoms with Crippen LogP contribution in [0.3, 0.4) is 0 Å². The normalized spacial score (nSPS) is 13.4. The molecule has 0 bridgehead atoms. The number of fused-ring (bicyclic) bond motifs is 1. The second-order valence-electron chi connectivity index (χ2n) is 8.11. The monoisotopic (exact) mass is 433 g/mol. The van der Waals surface area contributed by atoms with E-state index in [1.54, 1.807) is 42.5 Å². The van der Waals surface area contributed by atoms with E-state index in [0.717, 1.165) is 5.52 Å². The molecule has 0 amide bonds. The van der Waals surface area contributed by atoms with E-state index in [1.165, 1.54) is 0 Å². The molecule has 1 unspecified atom stereocenters. The van der Waals surface area contributed by atoms with Gasteiger partial charge >= 0.3 is 6.18 Å². The van der Waals surface area contributed by atoms with Crippen molar-refractivity contribution in [3.63, 3.8) is 0 Å². The molecule has 3 aromatic rings. The average molecular weight is 433 g/mol. The highest BCUT2D eigenvalue weighted by atomic mass is 32.2. The maximum absolute atomic E-state index is 12.9. The van der Waals surface area contributed by atoms with Crippen LogP contribution in [0, 0.1) is 11.3 Å². The lowest BCUT2D eigenvalue weighted by atomic mass is 9.95. The molecule has 0 aliphatic carbocycles. The molecule has 0 aliphatic rings. The highest BCUT2D eigenvalue weighted by Crippen LogP contribution is 2.30. The first-order valence-electron chi connectivity index (χ1n) is 9.49. The van der Waals surface area contributed by atoms with Gasteiger partial charge in [-0.1, -0.05) is 20.8 Å². The number of benzene rings is 2. The summed E-state index contributed by atoms with van der Waals surface area (Å²) in [5, 5.41) is 8.90. The molecule has 4 nitrogen and oxygen atoms in total. The molecule has 0 N–H and O–H groups in total. The summed E-state index contributed by atoms with van der Waals surface area (Å²) >= 11 is 0. The van der Waals surface area contributed by atoms with Gasteiger partial charge in [0.1, 0.15) is 5.82 Å². The number of nitriles is 1. The average Bonchev–Trinajstić information content (AvgIpc) is 3.05. The van der Waals surface area contributed by atoms with E-state index in [9.17, 15) is 17.4 Å². The SMILES string of the molecule is CC(C)(C)c1nc2cc(S(=O)c3ccc(C#N)cc3)ccc2n1CCCC(F)(F)F. The second kappa shape index (κ2) is 8.23. The van der Waals surface area contributed by atoms with Crippen LogP contribution in [0.4, 0.5) is 13.2 Å². The lowest BCUT2D eigenvalue weighted by molar-refractivity contribution is -0.135. The van der Waals surface area contributed by atoms with Crippen molar-refractivity contribution in [1.82, 2.24) is 9.55 Å². The predicted molar refractivity (Wildman–Crippen MR) is 110 cm³/mol. The van der Waals surface area contributed by atoms with Gasteiger partial charge < -0.3 is 4.57 Å². The van der Waals surface area contributed by atoms with Crippen LogP contribution in [0.5, 0.6) is 0 Å². The van der Waals surface area contributed by atoms with Gasteiger partial charge in [-0.15, -0.1) is 0 Å². The van der Waals surface area contributed by atoms with Crippen molar-refractivity contribution in [2.24, 2.45) is 0 Å². The van der Waals surface area contributed by atoms with Gasteiger partial charge in [-0.3, -0.25) is 0 Å². The minimum atomic E-state index is -4.19. The lowest BCUT2D eigenvalue weighted by Gasteiger charge is -2.20. The maximum Gasteiger partial charge on any atom is 0.389 e. The van der Waals surface area contributed by atoms with Crippen molar-refractivity contribution >= 4 is 21.8 Å². The molecule has 158 valence electrons. The summed E-state index contributed by atoms with van der Waals surface area (Å²) in [5.41, 5.74) is 1.46. The molecule has 0 aliphatic heterocycles. The molecular weight excluding hydrogens is 411 g/mol. The van der Waals surface area contributed by atoms with Crippen molar-refractivity contribution in [3.05, 3.63) is 53.9 Å². The highest BCUT2D eigenvalue weighted by Gasteiger charge is 2.28. The third kappa shape index (κ3) is 4.90. The fourth-order valence-electron chi connectivity index (χ4n) is 3.25. The number of nitrogens with zero attached hydrogens (tertiary/aromatic N) is 3. The van der Waals surface area contributed by atoms with Gasteiger partial charge in [0.2, 0.25) is 0 Å².